The van der Waals surface area contributed by atoms with E-state index in [0.29, 0.717) is 22.5 Å². The lowest BCUT2D eigenvalue weighted by Crippen LogP contribution is -2.12. The van der Waals surface area contributed by atoms with E-state index in [9.17, 15) is 9.59 Å². The van der Waals surface area contributed by atoms with Crippen molar-refractivity contribution >= 4 is 33.5 Å². The van der Waals surface area contributed by atoms with Crippen LogP contribution in [0.5, 0.6) is 0 Å². The minimum Gasteiger partial charge on any atom is -0.478 e. The highest BCUT2D eigenvalue weighted by Gasteiger charge is 2.09. The number of amides is 1. The van der Waals surface area contributed by atoms with Gasteiger partial charge in [0.25, 0.3) is 0 Å². The van der Waals surface area contributed by atoms with E-state index in [0.717, 1.165) is 6.42 Å². The molecule has 0 unspecified atom stereocenters. The first-order valence-electron chi connectivity index (χ1n) is 5.73. The van der Waals surface area contributed by atoms with Gasteiger partial charge < -0.3 is 10.4 Å². The van der Waals surface area contributed by atoms with Crippen LogP contribution in [-0.4, -0.2) is 17.0 Å². The molecule has 0 fully saturated rings. The molecule has 98 valence electrons. The molecular formula is C13H16BrNO3. The fourth-order valence-electron chi connectivity index (χ4n) is 1.38. The number of rotatable bonds is 5. The Morgan fingerprint density at radius 1 is 1.39 bits per heavy atom. The molecule has 0 saturated heterocycles. The monoisotopic (exact) mass is 313 g/mol. The van der Waals surface area contributed by atoms with Crippen molar-refractivity contribution in [2.24, 2.45) is 5.92 Å². The van der Waals surface area contributed by atoms with Crippen LogP contribution in [0.2, 0.25) is 0 Å². The van der Waals surface area contributed by atoms with Gasteiger partial charge in [-0.1, -0.05) is 13.8 Å². The smallest absolute Gasteiger partial charge is 0.335 e. The summed E-state index contributed by atoms with van der Waals surface area (Å²) in [5.41, 5.74) is 0.774. The Kier molecular flexibility index (Phi) is 5.34. The predicted molar refractivity (Wildman–Crippen MR) is 73.8 cm³/mol. The molecule has 0 saturated carbocycles. The fourth-order valence-corrected chi connectivity index (χ4v) is 1.86. The Balaban J connectivity index is 2.68. The molecule has 0 aromatic heterocycles. The molecule has 1 aromatic carbocycles. The van der Waals surface area contributed by atoms with Gasteiger partial charge in [0.2, 0.25) is 5.91 Å². The minimum atomic E-state index is -0.992. The van der Waals surface area contributed by atoms with Crippen molar-refractivity contribution in [1.82, 2.24) is 0 Å². The number of carboxylic acid groups (broad SMARTS) is 1. The quantitative estimate of drug-likeness (QED) is 0.874. The highest BCUT2D eigenvalue weighted by atomic mass is 79.9. The second-order valence-electron chi connectivity index (χ2n) is 4.48. The van der Waals surface area contributed by atoms with Crippen LogP contribution in [0.3, 0.4) is 0 Å². The molecule has 1 aromatic rings. The Bertz CT molecular complexity index is 458. The maximum absolute atomic E-state index is 11.6. The maximum Gasteiger partial charge on any atom is 0.335 e. The summed E-state index contributed by atoms with van der Waals surface area (Å²) < 4.78 is 0.570. The molecule has 5 heteroatoms. The standard InChI is InChI=1S/C13H16BrNO3/c1-8(2)3-6-12(16)15-11-5-4-9(13(17)18)7-10(11)14/h4-5,7-8H,3,6H2,1-2H3,(H,15,16)(H,17,18). The van der Waals surface area contributed by atoms with Crippen molar-refractivity contribution in [3.63, 3.8) is 0 Å². The molecule has 0 atom stereocenters. The third kappa shape index (κ3) is 4.49. The van der Waals surface area contributed by atoms with Gasteiger partial charge in [0.15, 0.2) is 0 Å². The molecule has 4 nitrogen and oxygen atoms in total. The minimum absolute atomic E-state index is 0.0625. The highest BCUT2D eigenvalue weighted by Crippen LogP contribution is 2.24. The third-order valence-corrected chi connectivity index (χ3v) is 3.09. The van der Waals surface area contributed by atoms with Gasteiger partial charge in [-0.3, -0.25) is 4.79 Å². The van der Waals surface area contributed by atoms with Crippen molar-refractivity contribution in [2.75, 3.05) is 5.32 Å². The van der Waals surface area contributed by atoms with Gasteiger partial charge in [-0.15, -0.1) is 0 Å². The summed E-state index contributed by atoms with van der Waals surface area (Å²) in [5, 5.41) is 11.6. The van der Waals surface area contributed by atoms with Crippen molar-refractivity contribution in [2.45, 2.75) is 26.7 Å². The topological polar surface area (TPSA) is 66.4 Å². The number of carbonyl (C=O) groups is 2. The molecule has 2 N–H and O–H groups in total. The van der Waals surface area contributed by atoms with Crippen LogP contribution in [0.15, 0.2) is 22.7 Å². The summed E-state index contributed by atoms with van der Waals surface area (Å²) in [6, 6.07) is 4.52. The van der Waals surface area contributed by atoms with E-state index in [1.165, 1.54) is 12.1 Å². The second-order valence-corrected chi connectivity index (χ2v) is 5.33. The molecule has 0 heterocycles. The Labute approximate surface area is 115 Å². The van der Waals surface area contributed by atoms with Crippen LogP contribution in [0.25, 0.3) is 0 Å². The van der Waals surface area contributed by atoms with Crippen molar-refractivity contribution in [3.8, 4) is 0 Å². The van der Waals surface area contributed by atoms with Gasteiger partial charge >= 0.3 is 5.97 Å². The van der Waals surface area contributed by atoms with Gasteiger partial charge in [-0.05, 0) is 46.5 Å². The summed E-state index contributed by atoms with van der Waals surface area (Å²) in [6.45, 7) is 4.12. The number of anilines is 1. The van der Waals surface area contributed by atoms with Crippen molar-refractivity contribution in [3.05, 3.63) is 28.2 Å². The molecule has 0 spiro atoms. The van der Waals surface area contributed by atoms with Crippen LogP contribution in [-0.2, 0) is 4.79 Å². The third-order valence-electron chi connectivity index (χ3n) is 2.44. The van der Waals surface area contributed by atoms with E-state index >= 15 is 0 Å². The summed E-state index contributed by atoms with van der Waals surface area (Å²) in [7, 11) is 0. The SMILES string of the molecule is CC(C)CCC(=O)Nc1ccc(C(=O)O)cc1Br. The maximum atomic E-state index is 11.6. The fraction of sp³-hybridized carbons (Fsp3) is 0.385. The Morgan fingerprint density at radius 3 is 2.56 bits per heavy atom. The second kappa shape index (κ2) is 6.54. The molecule has 1 amide bonds. The molecule has 0 aliphatic heterocycles. The predicted octanol–water partition coefficient (Wildman–Crippen LogP) is 3.52. The molecule has 0 aliphatic carbocycles. The molecule has 0 bridgehead atoms. The number of hydrogen-bond acceptors (Lipinski definition) is 2. The number of carbonyl (C=O) groups excluding carboxylic acids is 1. The largest absolute Gasteiger partial charge is 0.478 e. The van der Waals surface area contributed by atoms with Gasteiger partial charge in [0.05, 0.1) is 11.3 Å². The number of aromatic carboxylic acids is 1. The van der Waals surface area contributed by atoms with E-state index in [-0.39, 0.29) is 11.5 Å². The first kappa shape index (κ1) is 14.7. The lowest BCUT2D eigenvalue weighted by Gasteiger charge is -2.09. The average molecular weight is 314 g/mol. The normalized spacial score (nSPS) is 10.4. The molecule has 18 heavy (non-hydrogen) atoms. The first-order valence-corrected chi connectivity index (χ1v) is 6.52. The number of hydrogen-bond donors (Lipinski definition) is 2. The van der Waals surface area contributed by atoms with Gasteiger partial charge in [0, 0.05) is 10.9 Å². The average Bonchev–Trinajstić information content (AvgIpc) is 2.29. The molecule has 0 radical (unpaired) electrons. The zero-order valence-corrected chi connectivity index (χ0v) is 12.0. The highest BCUT2D eigenvalue weighted by molar-refractivity contribution is 9.10. The van der Waals surface area contributed by atoms with Crippen LogP contribution in [0.4, 0.5) is 5.69 Å². The lowest BCUT2D eigenvalue weighted by atomic mass is 10.1. The number of carboxylic acids is 1. The van der Waals surface area contributed by atoms with E-state index in [1.807, 2.05) is 0 Å². The summed E-state index contributed by atoms with van der Waals surface area (Å²) in [5.74, 6) is -0.575. The molecule has 1 rings (SSSR count). The molecule has 0 aliphatic rings. The van der Waals surface area contributed by atoms with Crippen molar-refractivity contribution in [1.29, 1.82) is 0 Å². The number of benzene rings is 1. The number of nitrogens with one attached hydrogen (secondary N) is 1. The van der Waals surface area contributed by atoms with E-state index < -0.39 is 5.97 Å². The summed E-state index contributed by atoms with van der Waals surface area (Å²) in [6.07, 6.45) is 1.29. The van der Waals surface area contributed by atoms with E-state index in [4.69, 9.17) is 5.11 Å². The zero-order valence-electron chi connectivity index (χ0n) is 10.4. The Morgan fingerprint density at radius 2 is 2.06 bits per heavy atom. The van der Waals surface area contributed by atoms with E-state index in [1.54, 1.807) is 6.07 Å². The van der Waals surface area contributed by atoms with Crippen LogP contribution in [0, 0.1) is 5.92 Å². The van der Waals surface area contributed by atoms with E-state index in [2.05, 4.69) is 35.1 Å². The molecular weight excluding hydrogens is 298 g/mol. The summed E-state index contributed by atoms with van der Waals surface area (Å²) in [4.78, 5) is 22.4. The van der Waals surface area contributed by atoms with Crippen LogP contribution < -0.4 is 5.32 Å². The first-order chi connectivity index (χ1) is 8.40. The Hall–Kier alpha value is -1.36. The van der Waals surface area contributed by atoms with Gasteiger partial charge in [-0.25, -0.2) is 4.79 Å². The number of halogens is 1. The lowest BCUT2D eigenvalue weighted by molar-refractivity contribution is -0.116. The van der Waals surface area contributed by atoms with Crippen LogP contribution >= 0.6 is 15.9 Å². The summed E-state index contributed by atoms with van der Waals surface area (Å²) >= 11 is 3.25. The van der Waals surface area contributed by atoms with Gasteiger partial charge in [0.1, 0.15) is 0 Å². The van der Waals surface area contributed by atoms with Crippen LogP contribution in [0.1, 0.15) is 37.0 Å². The van der Waals surface area contributed by atoms with Gasteiger partial charge in [-0.2, -0.15) is 0 Å². The zero-order chi connectivity index (χ0) is 13.7. The van der Waals surface area contributed by atoms with Crippen molar-refractivity contribution < 1.29 is 14.7 Å².